The van der Waals surface area contributed by atoms with Crippen molar-refractivity contribution in [1.29, 1.82) is 0 Å². The zero-order valence-corrected chi connectivity index (χ0v) is 8.16. The number of alkyl halides is 3. The van der Waals surface area contributed by atoms with Crippen LogP contribution in [0.25, 0.3) is 0 Å². The van der Waals surface area contributed by atoms with Gasteiger partial charge < -0.3 is 4.74 Å². The Morgan fingerprint density at radius 2 is 1.85 bits per heavy atom. The van der Waals surface area contributed by atoms with E-state index < -0.39 is 12.1 Å². The number of unbranched alkanes of at least 4 members (excludes halogenated alkanes) is 1. The van der Waals surface area contributed by atoms with Gasteiger partial charge in [-0.2, -0.15) is 13.2 Å². The predicted octanol–water partition coefficient (Wildman–Crippen LogP) is 3.39. The average molecular weight is 198 g/mol. The van der Waals surface area contributed by atoms with Gasteiger partial charge in [-0.25, -0.2) is 0 Å². The first-order valence-electron chi connectivity index (χ1n) is 4.66. The highest BCUT2D eigenvalue weighted by Crippen LogP contribution is 2.28. The van der Waals surface area contributed by atoms with Crippen LogP contribution in [0.1, 0.15) is 33.1 Å². The van der Waals surface area contributed by atoms with Crippen LogP contribution in [-0.4, -0.2) is 19.4 Å². The zero-order valence-electron chi connectivity index (χ0n) is 8.16. The summed E-state index contributed by atoms with van der Waals surface area (Å²) in [6.07, 6.45) is -2.24. The Kier molecular flexibility index (Phi) is 6.12. The molecule has 1 unspecified atom stereocenters. The Hall–Kier alpha value is -0.250. The second-order valence-corrected chi connectivity index (χ2v) is 3.08. The molecule has 13 heavy (non-hydrogen) atoms. The van der Waals surface area contributed by atoms with Crippen LogP contribution in [0.3, 0.4) is 0 Å². The van der Waals surface area contributed by atoms with Crippen molar-refractivity contribution in [3.63, 3.8) is 0 Å². The molecule has 0 saturated carbocycles. The van der Waals surface area contributed by atoms with Gasteiger partial charge in [0.05, 0.1) is 12.5 Å². The molecule has 0 fully saturated rings. The summed E-state index contributed by atoms with van der Waals surface area (Å²) >= 11 is 0. The lowest BCUT2D eigenvalue weighted by Gasteiger charge is -2.18. The highest BCUT2D eigenvalue weighted by molar-refractivity contribution is 4.64. The molecular weight excluding hydrogens is 181 g/mol. The van der Waals surface area contributed by atoms with E-state index in [1.807, 2.05) is 6.92 Å². The fourth-order valence-corrected chi connectivity index (χ4v) is 0.916. The van der Waals surface area contributed by atoms with Gasteiger partial charge in [-0.05, 0) is 12.8 Å². The highest BCUT2D eigenvalue weighted by atomic mass is 19.4. The molecule has 0 rings (SSSR count). The summed E-state index contributed by atoms with van der Waals surface area (Å²) in [7, 11) is 0. The summed E-state index contributed by atoms with van der Waals surface area (Å²) in [5.41, 5.74) is 0. The van der Waals surface area contributed by atoms with Gasteiger partial charge in [0.15, 0.2) is 0 Å². The standard InChI is InChI=1S/C9H17F3O/c1-3-5-6-13-7-8(4-2)9(10,11)12/h8H,3-7H2,1-2H3. The summed E-state index contributed by atoms with van der Waals surface area (Å²) in [6.45, 7) is 3.74. The van der Waals surface area contributed by atoms with Crippen molar-refractivity contribution in [2.45, 2.75) is 39.3 Å². The van der Waals surface area contributed by atoms with Crippen LogP contribution in [0.5, 0.6) is 0 Å². The lowest BCUT2D eigenvalue weighted by atomic mass is 10.1. The van der Waals surface area contributed by atoms with Crippen molar-refractivity contribution in [3.8, 4) is 0 Å². The Morgan fingerprint density at radius 1 is 1.23 bits per heavy atom. The molecule has 0 N–H and O–H groups in total. The van der Waals surface area contributed by atoms with Crippen LogP contribution in [0.2, 0.25) is 0 Å². The lowest BCUT2D eigenvalue weighted by Crippen LogP contribution is -2.26. The topological polar surface area (TPSA) is 9.23 Å². The van der Waals surface area contributed by atoms with E-state index in [9.17, 15) is 13.2 Å². The second-order valence-electron chi connectivity index (χ2n) is 3.08. The molecule has 0 spiro atoms. The first kappa shape index (κ1) is 12.8. The maximum Gasteiger partial charge on any atom is 0.394 e. The summed E-state index contributed by atoms with van der Waals surface area (Å²) < 4.78 is 41.4. The normalized spacial score (nSPS) is 14.5. The number of rotatable bonds is 6. The molecule has 0 aromatic heterocycles. The van der Waals surface area contributed by atoms with Gasteiger partial charge in [0.1, 0.15) is 0 Å². The van der Waals surface area contributed by atoms with Gasteiger partial charge in [0.2, 0.25) is 0 Å². The monoisotopic (exact) mass is 198 g/mol. The molecule has 1 atom stereocenters. The van der Waals surface area contributed by atoms with Crippen LogP contribution < -0.4 is 0 Å². The van der Waals surface area contributed by atoms with Crippen LogP contribution in [0, 0.1) is 5.92 Å². The smallest absolute Gasteiger partial charge is 0.381 e. The molecule has 4 heteroatoms. The number of hydrogen-bond acceptors (Lipinski definition) is 1. The number of hydrogen-bond donors (Lipinski definition) is 0. The molecular formula is C9H17F3O. The fraction of sp³-hybridized carbons (Fsp3) is 1.00. The predicted molar refractivity (Wildman–Crippen MR) is 45.6 cm³/mol. The second kappa shape index (κ2) is 6.24. The van der Waals surface area contributed by atoms with Crippen LogP contribution in [0.15, 0.2) is 0 Å². The summed E-state index contributed by atoms with van der Waals surface area (Å²) in [5.74, 6) is -1.30. The molecule has 0 aromatic rings. The molecule has 0 aliphatic heterocycles. The Balaban J connectivity index is 3.61. The van der Waals surface area contributed by atoms with Crippen LogP contribution in [-0.2, 0) is 4.74 Å². The third-order valence-corrected chi connectivity index (χ3v) is 1.92. The van der Waals surface area contributed by atoms with Crippen LogP contribution >= 0.6 is 0 Å². The van der Waals surface area contributed by atoms with Gasteiger partial charge in [0.25, 0.3) is 0 Å². The zero-order chi connectivity index (χ0) is 10.3. The fourth-order valence-electron chi connectivity index (χ4n) is 0.916. The van der Waals surface area contributed by atoms with Gasteiger partial charge in [-0.3, -0.25) is 0 Å². The number of halogens is 3. The molecule has 0 bridgehead atoms. The van der Waals surface area contributed by atoms with Gasteiger partial charge >= 0.3 is 6.18 Å². The van der Waals surface area contributed by atoms with Gasteiger partial charge in [-0.15, -0.1) is 0 Å². The Bertz CT molecular complexity index is 123. The van der Waals surface area contributed by atoms with Gasteiger partial charge in [-0.1, -0.05) is 20.3 Å². The van der Waals surface area contributed by atoms with E-state index in [-0.39, 0.29) is 13.0 Å². The van der Waals surface area contributed by atoms with E-state index in [1.165, 1.54) is 6.92 Å². The number of ether oxygens (including phenoxy) is 1. The molecule has 1 nitrogen and oxygen atoms in total. The van der Waals surface area contributed by atoms with Crippen molar-refractivity contribution in [2.75, 3.05) is 13.2 Å². The maximum absolute atomic E-state index is 12.1. The van der Waals surface area contributed by atoms with Crippen molar-refractivity contribution in [1.82, 2.24) is 0 Å². The molecule has 0 aliphatic rings. The van der Waals surface area contributed by atoms with Crippen molar-refractivity contribution >= 4 is 0 Å². The summed E-state index contributed by atoms with van der Waals surface area (Å²) in [6, 6.07) is 0. The first-order valence-corrected chi connectivity index (χ1v) is 4.66. The Labute approximate surface area is 77.3 Å². The van der Waals surface area contributed by atoms with E-state index in [0.29, 0.717) is 6.61 Å². The minimum Gasteiger partial charge on any atom is -0.381 e. The van der Waals surface area contributed by atoms with E-state index in [4.69, 9.17) is 4.74 Å². The molecule has 0 heterocycles. The van der Waals surface area contributed by atoms with E-state index in [0.717, 1.165) is 12.8 Å². The molecule has 0 aromatic carbocycles. The minimum absolute atomic E-state index is 0.0929. The quantitative estimate of drug-likeness (QED) is 0.594. The lowest BCUT2D eigenvalue weighted by molar-refractivity contribution is -0.189. The van der Waals surface area contributed by atoms with Crippen molar-refractivity contribution < 1.29 is 17.9 Å². The third kappa shape index (κ3) is 5.91. The maximum atomic E-state index is 12.1. The van der Waals surface area contributed by atoms with Crippen LogP contribution in [0.4, 0.5) is 13.2 Å². The van der Waals surface area contributed by atoms with Crippen molar-refractivity contribution in [3.05, 3.63) is 0 Å². The summed E-state index contributed by atoms with van der Waals surface area (Å²) in [4.78, 5) is 0. The molecule has 0 saturated heterocycles. The highest BCUT2D eigenvalue weighted by Gasteiger charge is 2.38. The van der Waals surface area contributed by atoms with Gasteiger partial charge in [0, 0.05) is 6.61 Å². The van der Waals surface area contributed by atoms with E-state index in [2.05, 4.69) is 0 Å². The van der Waals surface area contributed by atoms with E-state index in [1.54, 1.807) is 0 Å². The summed E-state index contributed by atoms with van der Waals surface area (Å²) in [5, 5.41) is 0. The third-order valence-electron chi connectivity index (χ3n) is 1.92. The molecule has 0 radical (unpaired) electrons. The Morgan fingerprint density at radius 3 is 2.23 bits per heavy atom. The molecule has 80 valence electrons. The largest absolute Gasteiger partial charge is 0.394 e. The molecule has 0 aliphatic carbocycles. The SMILES string of the molecule is CCCCOCC(CC)C(F)(F)F. The average Bonchev–Trinajstić information content (AvgIpc) is 2.02. The minimum atomic E-state index is -4.11. The molecule has 0 amide bonds. The van der Waals surface area contributed by atoms with Crippen molar-refractivity contribution in [2.24, 2.45) is 5.92 Å². The first-order chi connectivity index (χ1) is 6.02. The van der Waals surface area contributed by atoms with E-state index >= 15 is 0 Å².